The molecule has 2 aromatic rings. The maximum Gasteiger partial charge on any atom is 0.277 e. The van der Waals surface area contributed by atoms with Gasteiger partial charge in [0.2, 0.25) is 11.8 Å². The summed E-state index contributed by atoms with van der Waals surface area (Å²) in [7, 11) is -3.08. The summed E-state index contributed by atoms with van der Waals surface area (Å²) in [6.45, 7) is 3.76. The molecular weight excluding hydrogens is 420 g/mol. The quantitative estimate of drug-likeness (QED) is 0.591. The Morgan fingerprint density at radius 1 is 1.38 bits per heavy atom. The van der Waals surface area contributed by atoms with Crippen molar-refractivity contribution in [2.24, 2.45) is 0 Å². The number of nitrogens with one attached hydrogen (secondary N) is 1. The van der Waals surface area contributed by atoms with Crippen LogP contribution in [0, 0.1) is 6.92 Å². The van der Waals surface area contributed by atoms with E-state index < -0.39 is 9.84 Å². The number of carbonyl (C=O) groups excluding carboxylic acids is 2. The van der Waals surface area contributed by atoms with E-state index in [4.69, 9.17) is 8.83 Å². The third-order valence-electron chi connectivity index (χ3n) is 4.48. The number of thioether (sulfide) groups is 1. The van der Waals surface area contributed by atoms with Crippen molar-refractivity contribution in [3.05, 3.63) is 18.1 Å². The second kappa shape index (κ2) is 8.99. The number of aromatic nitrogens is 2. The average molecular weight is 443 g/mol. The van der Waals surface area contributed by atoms with E-state index in [-0.39, 0.29) is 46.9 Å². The number of amides is 2. The summed E-state index contributed by atoms with van der Waals surface area (Å²) < 4.78 is 33.7. The molecule has 10 nitrogen and oxygen atoms in total. The zero-order valence-corrected chi connectivity index (χ0v) is 17.7. The van der Waals surface area contributed by atoms with Gasteiger partial charge in [-0.05, 0) is 26.3 Å². The van der Waals surface area contributed by atoms with Crippen LogP contribution in [0.1, 0.15) is 19.1 Å². The van der Waals surface area contributed by atoms with Crippen LogP contribution in [0.15, 0.2) is 26.4 Å². The molecule has 0 aromatic carbocycles. The molecule has 0 radical (unpaired) electrons. The Morgan fingerprint density at radius 2 is 2.17 bits per heavy atom. The lowest BCUT2D eigenvalue weighted by atomic mass is 10.2. The van der Waals surface area contributed by atoms with Gasteiger partial charge in [0.05, 0.1) is 35.6 Å². The zero-order chi connectivity index (χ0) is 21.0. The first-order valence-corrected chi connectivity index (χ1v) is 11.9. The van der Waals surface area contributed by atoms with E-state index in [2.05, 4.69) is 15.5 Å². The zero-order valence-electron chi connectivity index (χ0n) is 16.1. The molecule has 2 aromatic heterocycles. The Hall–Kier alpha value is -2.34. The summed E-state index contributed by atoms with van der Waals surface area (Å²) in [5, 5.41) is 10.8. The van der Waals surface area contributed by atoms with Crippen molar-refractivity contribution < 1.29 is 26.8 Å². The highest BCUT2D eigenvalue weighted by atomic mass is 32.2. The van der Waals surface area contributed by atoms with E-state index in [1.807, 2.05) is 0 Å². The average Bonchev–Trinajstić information content (AvgIpc) is 3.37. The topological polar surface area (TPSA) is 136 Å². The van der Waals surface area contributed by atoms with Gasteiger partial charge in [-0.25, -0.2) is 8.42 Å². The standard InChI is InChI=1S/C17H22N4O6S2/c1-3-21(8-14(22)18-12-5-7-29(24,25)10-12)15(23)9-28-17-20-19-16(27-17)13-4-6-26-11(13)2/h4,6,12H,3,5,7-10H2,1-2H3,(H,18,22)/t12-/m0/s1. The van der Waals surface area contributed by atoms with E-state index in [1.165, 1.54) is 11.2 Å². The van der Waals surface area contributed by atoms with Crippen molar-refractivity contribution in [1.29, 1.82) is 0 Å². The van der Waals surface area contributed by atoms with Crippen LogP contribution < -0.4 is 5.32 Å². The molecule has 1 aliphatic rings. The van der Waals surface area contributed by atoms with Crippen LogP contribution in [-0.4, -0.2) is 71.7 Å². The number of aryl methyl sites for hydroxylation is 1. The Morgan fingerprint density at radius 3 is 2.79 bits per heavy atom. The number of carbonyl (C=O) groups is 2. The Balaban J connectivity index is 1.49. The van der Waals surface area contributed by atoms with Gasteiger partial charge in [0, 0.05) is 12.6 Å². The molecule has 0 bridgehead atoms. The molecule has 1 N–H and O–H groups in total. The lowest BCUT2D eigenvalue weighted by Gasteiger charge is -2.21. The molecule has 1 aliphatic heterocycles. The summed E-state index contributed by atoms with van der Waals surface area (Å²) in [4.78, 5) is 26.0. The minimum atomic E-state index is -3.08. The minimum Gasteiger partial charge on any atom is -0.469 e. The van der Waals surface area contributed by atoms with Gasteiger partial charge in [-0.1, -0.05) is 11.8 Å². The van der Waals surface area contributed by atoms with Gasteiger partial charge in [0.25, 0.3) is 11.1 Å². The molecular formula is C17H22N4O6S2. The van der Waals surface area contributed by atoms with Gasteiger partial charge < -0.3 is 19.1 Å². The van der Waals surface area contributed by atoms with Crippen LogP contribution in [0.2, 0.25) is 0 Å². The largest absolute Gasteiger partial charge is 0.469 e. The second-order valence-electron chi connectivity index (χ2n) is 6.63. The van der Waals surface area contributed by atoms with Crippen LogP contribution in [0.3, 0.4) is 0 Å². The fourth-order valence-electron chi connectivity index (χ4n) is 2.93. The predicted molar refractivity (Wildman–Crippen MR) is 105 cm³/mol. The highest BCUT2D eigenvalue weighted by Gasteiger charge is 2.29. The van der Waals surface area contributed by atoms with Gasteiger partial charge in [-0.2, -0.15) is 0 Å². The van der Waals surface area contributed by atoms with Crippen molar-refractivity contribution in [2.45, 2.75) is 31.5 Å². The fraction of sp³-hybridized carbons (Fsp3) is 0.529. The normalized spacial score (nSPS) is 17.9. The van der Waals surface area contributed by atoms with Crippen LogP contribution in [0.4, 0.5) is 0 Å². The Labute approximate surface area is 172 Å². The summed E-state index contributed by atoms with van der Waals surface area (Å²) in [6, 6.07) is 1.33. The molecule has 1 fully saturated rings. The monoisotopic (exact) mass is 442 g/mol. The van der Waals surface area contributed by atoms with Crippen LogP contribution in [0.25, 0.3) is 11.5 Å². The van der Waals surface area contributed by atoms with Crippen LogP contribution in [-0.2, 0) is 19.4 Å². The molecule has 3 rings (SSSR count). The second-order valence-corrected chi connectivity index (χ2v) is 9.78. The number of hydrogen-bond donors (Lipinski definition) is 1. The first-order chi connectivity index (χ1) is 13.8. The van der Waals surface area contributed by atoms with Crippen molar-refractivity contribution in [2.75, 3.05) is 30.3 Å². The molecule has 1 atom stereocenters. The third kappa shape index (κ3) is 5.60. The van der Waals surface area contributed by atoms with Crippen LogP contribution in [0.5, 0.6) is 0 Å². The highest BCUT2D eigenvalue weighted by Crippen LogP contribution is 2.26. The molecule has 1 saturated heterocycles. The predicted octanol–water partition coefficient (Wildman–Crippen LogP) is 0.882. The number of nitrogens with zero attached hydrogens (tertiary/aromatic N) is 3. The molecule has 0 saturated carbocycles. The molecule has 0 spiro atoms. The number of likely N-dealkylation sites (N-methyl/N-ethyl adjacent to an activating group) is 1. The van der Waals surface area contributed by atoms with Gasteiger partial charge >= 0.3 is 0 Å². The smallest absolute Gasteiger partial charge is 0.277 e. The van der Waals surface area contributed by atoms with Crippen molar-refractivity contribution in [3.8, 4) is 11.5 Å². The lowest BCUT2D eigenvalue weighted by molar-refractivity contribution is -0.134. The van der Waals surface area contributed by atoms with Gasteiger partial charge in [0.1, 0.15) is 5.76 Å². The van der Waals surface area contributed by atoms with E-state index in [0.29, 0.717) is 30.2 Å². The number of furan rings is 1. The highest BCUT2D eigenvalue weighted by molar-refractivity contribution is 7.99. The molecule has 2 amide bonds. The molecule has 3 heterocycles. The van der Waals surface area contributed by atoms with E-state index in [9.17, 15) is 18.0 Å². The lowest BCUT2D eigenvalue weighted by Crippen LogP contribution is -2.45. The third-order valence-corrected chi connectivity index (χ3v) is 7.05. The molecule has 29 heavy (non-hydrogen) atoms. The first kappa shape index (κ1) is 21.4. The molecule has 0 aliphatic carbocycles. The number of rotatable bonds is 8. The molecule has 0 unspecified atom stereocenters. The van der Waals surface area contributed by atoms with E-state index >= 15 is 0 Å². The van der Waals surface area contributed by atoms with E-state index in [0.717, 1.165) is 11.8 Å². The Kier molecular flexibility index (Phi) is 6.63. The number of sulfone groups is 1. The van der Waals surface area contributed by atoms with Gasteiger partial charge in [0.15, 0.2) is 9.84 Å². The Bertz CT molecular complexity index is 984. The summed E-state index contributed by atoms with van der Waals surface area (Å²) in [5.74, 6) is 0.391. The first-order valence-electron chi connectivity index (χ1n) is 9.05. The van der Waals surface area contributed by atoms with Crippen molar-refractivity contribution in [1.82, 2.24) is 20.4 Å². The SMILES string of the molecule is CCN(CC(=O)N[C@H]1CCS(=O)(=O)C1)C(=O)CSc1nnc(-c2ccoc2C)o1. The summed E-state index contributed by atoms with van der Waals surface area (Å²) in [5.41, 5.74) is 0.691. The number of hydrogen-bond acceptors (Lipinski definition) is 9. The molecule has 12 heteroatoms. The van der Waals surface area contributed by atoms with Crippen molar-refractivity contribution >= 4 is 33.4 Å². The minimum absolute atomic E-state index is 0.0327. The maximum atomic E-state index is 12.4. The summed E-state index contributed by atoms with van der Waals surface area (Å²) >= 11 is 1.08. The van der Waals surface area contributed by atoms with Crippen molar-refractivity contribution in [3.63, 3.8) is 0 Å². The van der Waals surface area contributed by atoms with Gasteiger partial charge in [-0.15, -0.1) is 10.2 Å². The van der Waals surface area contributed by atoms with Gasteiger partial charge in [-0.3, -0.25) is 9.59 Å². The fourth-order valence-corrected chi connectivity index (χ4v) is 5.27. The summed E-state index contributed by atoms with van der Waals surface area (Å²) in [6.07, 6.45) is 1.93. The van der Waals surface area contributed by atoms with Crippen LogP contribution >= 0.6 is 11.8 Å². The molecule has 158 valence electrons. The van der Waals surface area contributed by atoms with E-state index in [1.54, 1.807) is 19.9 Å². The maximum absolute atomic E-state index is 12.4.